The van der Waals surface area contributed by atoms with Gasteiger partial charge in [0.05, 0.1) is 16.2 Å². The molecule has 0 aliphatic heterocycles. The van der Waals surface area contributed by atoms with E-state index in [9.17, 15) is 13.2 Å². The Hall–Kier alpha value is -1.36. The van der Waals surface area contributed by atoms with Gasteiger partial charge in [0.15, 0.2) is 9.84 Å². The van der Waals surface area contributed by atoms with Crippen LogP contribution in [0, 0.1) is 5.92 Å². The standard InChI is InChI=1S/C13H16O4S/c1-2-10-5-6-11(7-12(10)13(14)15)18(16,17)8-9-3-4-9/h5-7,9H,2-4,8H2,1H3,(H,14,15). The summed E-state index contributed by atoms with van der Waals surface area (Å²) in [5.74, 6) is -0.679. The molecule has 0 unspecified atom stereocenters. The number of rotatable bonds is 5. The van der Waals surface area contributed by atoms with Crippen LogP contribution in [0.25, 0.3) is 0 Å². The molecule has 0 atom stereocenters. The first kappa shape index (κ1) is 13.1. The lowest BCUT2D eigenvalue weighted by atomic mass is 10.1. The van der Waals surface area contributed by atoms with E-state index in [0.29, 0.717) is 12.0 Å². The van der Waals surface area contributed by atoms with Gasteiger partial charge in [-0.05, 0) is 42.9 Å². The molecular weight excluding hydrogens is 252 g/mol. The van der Waals surface area contributed by atoms with Crippen LogP contribution in [0.2, 0.25) is 0 Å². The normalized spacial score (nSPS) is 15.6. The smallest absolute Gasteiger partial charge is 0.336 e. The quantitative estimate of drug-likeness (QED) is 0.888. The molecule has 4 nitrogen and oxygen atoms in total. The Morgan fingerprint density at radius 2 is 2.06 bits per heavy atom. The molecule has 5 heteroatoms. The SMILES string of the molecule is CCc1ccc(S(=O)(=O)CC2CC2)cc1C(=O)O. The number of aromatic carboxylic acids is 1. The van der Waals surface area contributed by atoms with Crippen LogP contribution >= 0.6 is 0 Å². The first-order chi connectivity index (χ1) is 8.44. The number of hydrogen-bond acceptors (Lipinski definition) is 3. The van der Waals surface area contributed by atoms with Crippen molar-refractivity contribution in [2.24, 2.45) is 5.92 Å². The van der Waals surface area contributed by atoms with Gasteiger partial charge in [0.25, 0.3) is 0 Å². The second-order valence-corrected chi connectivity index (χ2v) is 6.74. The Morgan fingerprint density at radius 1 is 1.39 bits per heavy atom. The van der Waals surface area contributed by atoms with Crippen molar-refractivity contribution in [3.05, 3.63) is 29.3 Å². The van der Waals surface area contributed by atoms with Gasteiger partial charge in [-0.2, -0.15) is 0 Å². The van der Waals surface area contributed by atoms with Crippen molar-refractivity contribution in [1.82, 2.24) is 0 Å². The summed E-state index contributed by atoms with van der Waals surface area (Å²) >= 11 is 0. The lowest BCUT2D eigenvalue weighted by Gasteiger charge is -2.08. The number of carboxylic acids is 1. The zero-order valence-electron chi connectivity index (χ0n) is 10.2. The van der Waals surface area contributed by atoms with Crippen LogP contribution in [0.4, 0.5) is 0 Å². The third-order valence-electron chi connectivity index (χ3n) is 3.20. The molecule has 18 heavy (non-hydrogen) atoms. The summed E-state index contributed by atoms with van der Waals surface area (Å²) in [6.45, 7) is 1.85. The average molecular weight is 268 g/mol. The van der Waals surface area contributed by atoms with Gasteiger partial charge in [-0.1, -0.05) is 13.0 Å². The van der Waals surface area contributed by atoms with E-state index in [1.165, 1.54) is 12.1 Å². The molecule has 0 amide bonds. The van der Waals surface area contributed by atoms with E-state index < -0.39 is 15.8 Å². The van der Waals surface area contributed by atoms with Gasteiger partial charge < -0.3 is 5.11 Å². The molecule has 0 aromatic heterocycles. The Morgan fingerprint density at radius 3 is 2.56 bits per heavy atom. The van der Waals surface area contributed by atoms with Crippen molar-refractivity contribution in [2.75, 3.05) is 5.75 Å². The van der Waals surface area contributed by atoms with Gasteiger partial charge in [0.1, 0.15) is 0 Å². The Kier molecular flexibility index (Phi) is 3.43. The highest BCUT2D eigenvalue weighted by atomic mass is 32.2. The van der Waals surface area contributed by atoms with Crippen molar-refractivity contribution in [3.8, 4) is 0 Å². The van der Waals surface area contributed by atoms with E-state index >= 15 is 0 Å². The third kappa shape index (κ3) is 2.72. The minimum Gasteiger partial charge on any atom is -0.478 e. The van der Waals surface area contributed by atoms with Crippen molar-refractivity contribution in [3.63, 3.8) is 0 Å². The summed E-state index contributed by atoms with van der Waals surface area (Å²) in [7, 11) is -3.34. The predicted molar refractivity (Wildman–Crippen MR) is 67.6 cm³/mol. The van der Waals surface area contributed by atoms with Crippen LogP contribution in [0.3, 0.4) is 0 Å². The van der Waals surface area contributed by atoms with Crippen molar-refractivity contribution < 1.29 is 18.3 Å². The monoisotopic (exact) mass is 268 g/mol. The first-order valence-electron chi connectivity index (χ1n) is 6.03. The molecule has 1 aliphatic rings. The fourth-order valence-electron chi connectivity index (χ4n) is 1.95. The van der Waals surface area contributed by atoms with Gasteiger partial charge in [-0.15, -0.1) is 0 Å². The average Bonchev–Trinajstić information content (AvgIpc) is 3.11. The van der Waals surface area contributed by atoms with Gasteiger partial charge in [0.2, 0.25) is 0 Å². The highest BCUT2D eigenvalue weighted by Gasteiger charge is 2.29. The lowest BCUT2D eigenvalue weighted by molar-refractivity contribution is 0.0695. The molecule has 1 aliphatic carbocycles. The maximum atomic E-state index is 12.1. The molecule has 0 bridgehead atoms. The van der Waals surface area contributed by atoms with E-state index in [2.05, 4.69) is 0 Å². The molecule has 0 radical (unpaired) electrons. The molecular formula is C13H16O4S. The molecule has 0 spiro atoms. The number of hydrogen-bond donors (Lipinski definition) is 1. The molecule has 0 saturated heterocycles. The van der Waals surface area contributed by atoms with Gasteiger partial charge in [-0.25, -0.2) is 13.2 Å². The fraction of sp³-hybridized carbons (Fsp3) is 0.462. The molecule has 2 rings (SSSR count). The van der Waals surface area contributed by atoms with Crippen LogP contribution in [0.1, 0.15) is 35.7 Å². The van der Waals surface area contributed by atoms with Crippen LogP contribution in [0.5, 0.6) is 0 Å². The van der Waals surface area contributed by atoms with Crippen LogP contribution in [0.15, 0.2) is 23.1 Å². The lowest BCUT2D eigenvalue weighted by Crippen LogP contribution is -2.11. The van der Waals surface area contributed by atoms with Gasteiger partial charge >= 0.3 is 5.97 Å². The summed E-state index contributed by atoms with van der Waals surface area (Å²) in [6.07, 6.45) is 2.49. The third-order valence-corrected chi connectivity index (χ3v) is 5.09. The number of carbonyl (C=O) groups is 1. The summed E-state index contributed by atoms with van der Waals surface area (Å²) in [4.78, 5) is 11.2. The summed E-state index contributed by atoms with van der Waals surface area (Å²) in [6, 6.07) is 4.41. The van der Waals surface area contributed by atoms with Crippen LogP contribution < -0.4 is 0 Å². The molecule has 1 aromatic carbocycles. The molecule has 1 aromatic rings. The number of benzene rings is 1. The van der Waals surface area contributed by atoms with E-state index in [4.69, 9.17) is 5.11 Å². The summed E-state index contributed by atoms with van der Waals surface area (Å²) < 4.78 is 24.1. The molecule has 1 fully saturated rings. The van der Waals surface area contributed by atoms with Crippen molar-refractivity contribution >= 4 is 15.8 Å². The van der Waals surface area contributed by atoms with Crippen LogP contribution in [-0.2, 0) is 16.3 Å². The summed E-state index contributed by atoms with van der Waals surface area (Å²) in [5.41, 5.74) is 0.752. The minimum absolute atomic E-state index is 0.0920. The maximum absolute atomic E-state index is 12.1. The van der Waals surface area contributed by atoms with Crippen LogP contribution in [-0.4, -0.2) is 25.2 Å². The summed E-state index contributed by atoms with van der Waals surface area (Å²) in [5, 5.41) is 9.09. The van der Waals surface area contributed by atoms with E-state index in [1.54, 1.807) is 6.07 Å². The molecule has 0 heterocycles. The van der Waals surface area contributed by atoms with E-state index in [0.717, 1.165) is 12.8 Å². The van der Waals surface area contributed by atoms with Crippen molar-refractivity contribution in [2.45, 2.75) is 31.1 Å². The topological polar surface area (TPSA) is 71.4 Å². The highest BCUT2D eigenvalue weighted by molar-refractivity contribution is 7.91. The molecule has 1 N–H and O–H groups in total. The minimum atomic E-state index is -3.34. The van der Waals surface area contributed by atoms with Gasteiger partial charge in [0, 0.05) is 0 Å². The number of sulfone groups is 1. The zero-order valence-corrected chi connectivity index (χ0v) is 11.0. The zero-order chi connectivity index (χ0) is 13.3. The highest BCUT2D eigenvalue weighted by Crippen LogP contribution is 2.32. The maximum Gasteiger partial charge on any atom is 0.336 e. The predicted octanol–water partition coefficient (Wildman–Crippen LogP) is 2.13. The molecule has 1 saturated carbocycles. The van der Waals surface area contributed by atoms with E-state index in [-0.39, 0.29) is 22.1 Å². The second kappa shape index (κ2) is 4.72. The number of carboxylic acid groups (broad SMARTS) is 1. The largest absolute Gasteiger partial charge is 0.478 e. The Labute approximate surface area is 107 Å². The van der Waals surface area contributed by atoms with Crippen molar-refractivity contribution in [1.29, 1.82) is 0 Å². The Balaban J connectivity index is 2.39. The molecule has 98 valence electrons. The van der Waals surface area contributed by atoms with E-state index in [1.807, 2.05) is 6.92 Å². The van der Waals surface area contributed by atoms with Gasteiger partial charge in [-0.3, -0.25) is 0 Å². The fourth-order valence-corrected chi connectivity index (χ4v) is 3.67. The first-order valence-corrected chi connectivity index (χ1v) is 7.68. The Bertz CT molecular complexity index is 571. The number of aryl methyl sites for hydroxylation is 1. The second-order valence-electron chi connectivity index (χ2n) is 4.70.